The Kier molecular flexibility index (Phi) is 6.28. The maximum atomic E-state index is 14.1. The minimum absolute atomic E-state index is 0.0703. The molecule has 0 atom stereocenters. The number of benzene rings is 2. The highest BCUT2D eigenvalue weighted by Gasteiger charge is 2.39. The first-order valence-corrected chi connectivity index (χ1v) is 12.4. The lowest BCUT2D eigenvalue weighted by Crippen LogP contribution is -2.44. The normalized spacial score (nSPS) is 16.1. The molecule has 33 heavy (non-hydrogen) atoms. The van der Waals surface area contributed by atoms with Gasteiger partial charge in [-0.3, -0.25) is 4.79 Å². The average Bonchev–Trinajstić information content (AvgIpc) is 3.14. The van der Waals surface area contributed by atoms with Crippen molar-refractivity contribution in [1.29, 1.82) is 0 Å². The fourth-order valence-corrected chi connectivity index (χ4v) is 5.19. The summed E-state index contributed by atoms with van der Waals surface area (Å²) in [5, 5.41) is 0.410. The molecule has 0 N–H and O–H groups in total. The number of halogens is 4. The maximum absolute atomic E-state index is 14.1. The van der Waals surface area contributed by atoms with E-state index in [0.717, 1.165) is 10.6 Å². The molecule has 0 bridgehead atoms. The van der Waals surface area contributed by atoms with Crippen LogP contribution in [0, 0.1) is 0 Å². The van der Waals surface area contributed by atoms with E-state index in [1.165, 1.54) is 4.90 Å². The van der Waals surface area contributed by atoms with E-state index in [4.69, 9.17) is 11.6 Å². The molecule has 4 rings (SSSR count). The van der Waals surface area contributed by atoms with Crippen LogP contribution in [0.3, 0.4) is 0 Å². The van der Waals surface area contributed by atoms with Crippen LogP contribution in [-0.4, -0.2) is 48.4 Å². The lowest BCUT2D eigenvalue weighted by Gasteiger charge is -2.28. The van der Waals surface area contributed by atoms with Gasteiger partial charge in [0.2, 0.25) is 0 Å². The van der Waals surface area contributed by atoms with E-state index < -0.39 is 27.6 Å². The molecule has 0 spiro atoms. The van der Waals surface area contributed by atoms with E-state index in [2.05, 4.69) is 0 Å². The molecule has 1 aliphatic rings. The van der Waals surface area contributed by atoms with E-state index >= 15 is 0 Å². The largest absolute Gasteiger partial charge is 0.431 e. The molecule has 0 radical (unpaired) electrons. The molecule has 0 aliphatic carbocycles. The number of hydrogen-bond donors (Lipinski definition) is 0. The van der Waals surface area contributed by atoms with Crippen molar-refractivity contribution in [3.63, 3.8) is 0 Å². The molecule has 2 heterocycles. The highest BCUT2D eigenvalue weighted by molar-refractivity contribution is 7.91. The second-order valence-corrected chi connectivity index (χ2v) is 10.6. The molecule has 1 amide bonds. The number of hydrogen-bond acceptors (Lipinski definition) is 3. The molecule has 1 saturated heterocycles. The SMILES string of the molecule is O=C(c1c(-c2ccc(Cl)cc2)cc(C(F)(F)F)n1Cc1ccccc1)N1CCS(=O)(=O)CC1. The van der Waals surface area contributed by atoms with Gasteiger partial charge in [0.1, 0.15) is 11.4 Å². The Morgan fingerprint density at radius 2 is 1.58 bits per heavy atom. The Hall–Kier alpha value is -2.78. The molecule has 1 aromatic heterocycles. The minimum atomic E-state index is -4.71. The number of rotatable bonds is 4. The van der Waals surface area contributed by atoms with Gasteiger partial charge in [0, 0.05) is 30.2 Å². The number of amides is 1. The van der Waals surface area contributed by atoms with Crippen LogP contribution < -0.4 is 0 Å². The number of nitrogens with zero attached hydrogens (tertiary/aromatic N) is 2. The van der Waals surface area contributed by atoms with Crippen LogP contribution >= 0.6 is 11.6 Å². The Labute approximate surface area is 194 Å². The van der Waals surface area contributed by atoms with Crippen molar-refractivity contribution in [3.8, 4) is 11.1 Å². The number of carbonyl (C=O) groups is 1. The van der Waals surface area contributed by atoms with E-state index in [1.54, 1.807) is 54.6 Å². The van der Waals surface area contributed by atoms with Crippen molar-refractivity contribution in [2.24, 2.45) is 0 Å². The van der Waals surface area contributed by atoms with Gasteiger partial charge in [-0.2, -0.15) is 13.2 Å². The summed E-state index contributed by atoms with van der Waals surface area (Å²) in [6.45, 7) is -0.311. The maximum Gasteiger partial charge on any atom is 0.431 e. The second kappa shape index (κ2) is 8.87. The molecule has 1 aliphatic heterocycles. The van der Waals surface area contributed by atoms with E-state index in [9.17, 15) is 26.4 Å². The molecule has 174 valence electrons. The van der Waals surface area contributed by atoms with E-state index in [-0.39, 0.29) is 42.4 Å². The molecule has 0 saturated carbocycles. The number of alkyl halides is 3. The second-order valence-electron chi connectivity index (χ2n) is 7.81. The van der Waals surface area contributed by atoms with Crippen LogP contribution in [0.1, 0.15) is 21.7 Å². The number of carbonyl (C=O) groups excluding carboxylic acids is 1. The van der Waals surface area contributed by atoms with Crippen LogP contribution in [0.25, 0.3) is 11.1 Å². The Morgan fingerprint density at radius 3 is 2.15 bits per heavy atom. The number of aromatic nitrogens is 1. The number of sulfone groups is 1. The lowest BCUT2D eigenvalue weighted by molar-refractivity contribution is -0.143. The third-order valence-electron chi connectivity index (χ3n) is 5.56. The standard InChI is InChI=1S/C23H20ClF3N2O3S/c24-18-8-6-17(7-9-18)19-14-20(23(25,26)27)29(15-16-4-2-1-3-5-16)21(19)22(30)28-10-12-33(31,32)13-11-28/h1-9,14H,10-13,15H2. The Balaban J connectivity index is 1.89. The highest BCUT2D eigenvalue weighted by atomic mass is 35.5. The summed E-state index contributed by atoms with van der Waals surface area (Å²) in [6.07, 6.45) is -4.71. The first-order chi connectivity index (χ1) is 15.5. The first kappa shape index (κ1) is 23.4. The molecule has 1 fully saturated rings. The van der Waals surface area contributed by atoms with Gasteiger partial charge in [0.15, 0.2) is 9.84 Å². The van der Waals surface area contributed by atoms with Gasteiger partial charge in [0.05, 0.1) is 11.5 Å². The summed E-state index contributed by atoms with van der Waals surface area (Å²) >= 11 is 5.95. The van der Waals surface area contributed by atoms with Crippen molar-refractivity contribution >= 4 is 27.3 Å². The zero-order valence-corrected chi connectivity index (χ0v) is 18.9. The zero-order chi connectivity index (χ0) is 23.8. The first-order valence-electron chi connectivity index (χ1n) is 10.2. The van der Waals surface area contributed by atoms with Gasteiger partial charge in [-0.25, -0.2) is 8.42 Å². The lowest BCUT2D eigenvalue weighted by atomic mass is 10.0. The Bertz CT molecular complexity index is 1260. The summed E-state index contributed by atoms with van der Waals surface area (Å²) in [6, 6.07) is 15.7. The van der Waals surface area contributed by atoms with Gasteiger partial charge in [-0.1, -0.05) is 54.1 Å². The minimum Gasteiger partial charge on any atom is -0.335 e. The van der Waals surface area contributed by atoms with Gasteiger partial charge < -0.3 is 9.47 Å². The van der Waals surface area contributed by atoms with Crippen LogP contribution in [-0.2, 0) is 22.6 Å². The van der Waals surface area contributed by atoms with Crippen molar-refractivity contribution in [2.75, 3.05) is 24.6 Å². The van der Waals surface area contributed by atoms with Crippen molar-refractivity contribution < 1.29 is 26.4 Å². The monoisotopic (exact) mass is 496 g/mol. The average molecular weight is 497 g/mol. The Morgan fingerprint density at radius 1 is 0.970 bits per heavy atom. The van der Waals surface area contributed by atoms with Crippen molar-refractivity contribution in [1.82, 2.24) is 9.47 Å². The van der Waals surface area contributed by atoms with Gasteiger partial charge >= 0.3 is 6.18 Å². The van der Waals surface area contributed by atoms with E-state index in [1.807, 2.05) is 0 Å². The topological polar surface area (TPSA) is 59.4 Å². The van der Waals surface area contributed by atoms with Crippen molar-refractivity contribution in [2.45, 2.75) is 12.7 Å². The van der Waals surface area contributed by atoms with Crippen LogP contribution in [0.2, 0.25) is 5.02 Å². The molecule has 0 unspecified atom stereocenters. The fraction of sp³-hybridized carbons (Fsp3) is 0.261. The molecule has 5 nitrogen and oxygen atoms in total. The van der Waals surface area contributed by atoms with Gasteiger partial charge in [-0.15, -0.1) is 0 Å². The molecule has 3 aromatic rings. The van der Waals surface area contributed by atoms with Crippen LogP contribution in [0.4, 0.5) is 13.2 Å². The predicted molar refractivity (Wildman–Crippen MR) is 120 cm³/mol. The van der Waals surface area contributed by atoms with Crippen molar-refractivity contribution in [3.05, 3.63) is 82.6 Å². The van der Waals surface area contributed by atoms with Gasteiger partial charge in [-0.05, 0) is 29.3 Å². The smallest absolute Gasteiger partial charge is 0.335 e. The fourth-order valence-electron chi connectivity index (χ4n) is 3.86. The summed E-state index contributed by atoms with van der Waals surface area (Å²) in [4.78, 5) is 14.8. The third kappa shape index (κ3) is 5.09. The third-order valence-corrected chi connectivity index (χ3v) is 7.42. The predicted octanol–water partition coefficient (Wildman–Crippen LogP) is 4.75. The molecular weight excluding hydrogens is 477 g/mol. The van der Waals surface area contributed by atoms with E-state index in [0.29, 0.717) is 16.1 Å². The molecule has 2 aromatic carbocycles. The summed E-state index contributed by atoms with van der Waals surface area (Å²) < 4.78 is 66.9. The zero-order valence-electron chi connectivity index (χ0n) is 17.3. The summed E-state index contributed by atoms with van der Waals surface area (Å²) in [7, 11) is -3.27. The molecule has 10 heteroatoms. The van der Waals surface area contributed by atoms with Gasteiger partial charge in [0.25, 0.3) is 5.91 Å². The highest BCUT2D eigenvalue weighted by Crippen LogP contribution is 2.38. The van der Waals surface area contributed by atoms with Crippen LogP contribution in [0.15, 0.2) is 60.7 Å². The van der Waals surface area contributed by atoms with Crippen LogP contribution in [0.5, 0.6) is 0 Å². The quantitative estimate of drug-likeness (QED) is 0.524. The summed E-state index contributed by atoms with van der Waals surface area (Å²) in [5.74, 6) is -1.08. The summed E-state index contributed by atoms with van der Waals surface area (Å²) in [5.41, 5.74) is 0.0339. The molecular formula is C23H20ClF3N2O3S.